The van der Waals surface area contributed by atoms with Gasteiger partial charge in [-0.3, -0.25) is 0 Å². The number of methoxy groups -OCH3 is 1. The third kappa shape index (κ3) is 1.53. The van der Waals surface area contributed by atoms with E-state index in [1.165, 1.54) is 24.0 Å². The summed E-state index contributed by atoms with van der Waals surface area (Å²) < 4.78 is 5.36. The topological polar surface area (TPSA) is 9.23 Å². The summed E-state index contributed by atoms with van der Waals surface area (Å²) in [6.45, 7) is 8.03. The van der Waals surface area contributed by atoms with Gasteiger partial charge in [-0.1, -0.05) is 18.2 Å². The Hall–Kier alpha value is -1.50. The Balaban J connectivity index is 2.04. The second-order valence-corrected chi connectivity index (χ2v) is 5.49. The fourth-order valence-electron chi connectivity index (χ4n) is 3.92. The zero-order chi connectivity index (χ0) is 12.7. The number of hydrogen-bond acceptors (Lipinski definition) is 1. The van der Waals surface area contributed by atoms with Gasteiger partial charge in [0.1, 0.15) is 5.75 Å². The summed E-state index contributed by atoms with van der Waals surface area (Å²) in [6.07, 6.45) is 6.67. The molecule has 2 aliphatic rings. The van der Waals surface area contributed by atoms with E-state index >= 15 is 0 Å². The van der Waals surface area contributed by atoms with E-state index in [0.29, 0.717) is 23.7 Å². The molecular weight excluding hydrogens is 220 g/mol. The number of hydrogen-bond donors (Lipinski definition) is 0. The molecule has 1 nitrogen and oxygen atoms in total. The van der Waals surface area contributed by atoms with E-state index in [9.17, 15) is 0 Å². The molecule has 1 aromatic carbocycles. The summed E-state index contributed by atoms with van der Waals surface area (Å²) in [5.41, 5.74) is 2.97. The Bertz CT molecular complexity index is 488. The number of benzene rings is 1. The highest BCUT2D eigenvalue weighted by Crippen LogP contribution is 2.55. The summed E-state index contributed by atoms with van der Waals surface area (Å²) in [7, 11) is 1.74. The predicted octanol–water partition coefficient (Wildman–Crippen LogP) is 3.96. The van der Waals surface area contributed by atoms with Crippen LogP contribution in [0.4, 0.5) is 0 Å². The molecule has 94 valence electrons. The van der Waals surface area contributed by atoms with Crippen LogP contribution >= 0.6 is 0 Å². The van der Waals surface area contributed by atoms with Crippen LogP contribution in [0.25, 0.3) is 0 Å². The molecule has 0 N–H and O–H groups in total. The molecule has 0 heterocycles. The molecule has 0 saturated heterocycles. The molecule has 4 atom stereocenters. The van der Waals surface area contributed by atoms with Crippen LogP contribution in [0.2, 0.25) is 0 Å². The molecule has 0 aliphatic heterocycles. The van der Waals surface area contributed by atoms with Gasteiger partial charge in [-0.05, 0) is 59.8 Å². The van der Waals surface area contributed by atoms with Crippen molar-refractivity contribution in [2.24, 2.45) is 17.8 Å². The lowest BCUT2D eigenvalue weighted by atomic mass is 9.87. The molecule has 0 bridgehead atoms. The zero-order valence-electron chi connectivity index (χ0n) is 10.9. The van der Waals surface area contributed by atoms with Crippen molar-refractivity contribution in [3.8, 4) is 5.75 Å². The van der Waals surface area contributed by atoms with Crippen LogP contribution in [0, 0.1) is 17.8 Å². The molecule has 2 aliphatic carbocycles. The normalized spacial score (nSPS) is 32.7. The van der Waals surface area contributed by atoms with E-state index in [1.54, 1.807) is 7.11 Å². The Labute approximate surface area is 109 Å². The average molecular weight is 240 g/mol. The molecule has 18 heavy (non-hydrogen) atoms. The van der Waals surface area contributed by atoms with Crippen molar-refractivity contribution in [3.63, 3.8) is 0 Å². The second-order valence-electron chi connectivity index (χ2n) is 5.49. The lowest BCUT2D eigenvalue weighted by Gasteiger charge is -2.17. The van der Waals surface area contributed by atoms with Gasteiger partial charge in [0.2, 0.25) is 0 Å². The van der Waals surface area contributed by atoms with Gasteiger partial charge in [0.05, 0.1) is 7.11 Å². The Kier molecular flexibility index (Phi) is 2.77. The van der Waals surface area contributed by atoms with Gasteiger partial charge in [-0.25, -0.2) is 0 Å². The molecule has 3 rings (SSSR count). The van der Waals surface area contributed by atoms with Gasteiger partial charge >= 0.3 is 0 Å². The fourth-order valence-corrected chi connectivity index (χ4v) is 3.92. The molecule has 1 heteroatoms. The lowest BCUT2D eigenvalue weighted by Crippen LogP contribution is -2.09. The van der Waals surface area contributed by atoms with Crippen LogP contribution in [-0.2, 0) is 6.42 Å². The van der Waals surface area contributed by atoms with Crippen molar-refractivity contribution in [1.82, 2.24) is 0 Å². The highest BCUT2D eigenvalue weighted by atomic mass is 16.5. The number of fused-ring (bicyclic) bond motifs is 3. The van der Waals surface area contributed by atoms with Gasteiger partial charge in [-0.15, -0.1) is 13.2 Å². The minimum atomic E-state index is 0.589. The Morgan fingerprint density at radius 3 is 2.67 bits per heavy atom. The maximum Gasteiger partial charge on any atom is 0.119 e. The van der Waals surface area contributed by atoms with E-state index in [1.807, 2.05) is 0 Å². The first-order valence-corrected chi connectivity index (χ1v) is 6.70. The van der Waals surface area contributed by atoms with E-state index in [0.717, 1.165) is 5.75 Å². The van der Waals surface area contributed by atoms with Crippen molar-refractivity contribution < 1.29 is 4.74 Å². The average Bonchev–Trinajstić information content (AvgIpc) is 2.94. The van der Waals surface area contributed by atoms with Crippen LogP contribution in [0.5, 0.6) is 5.75 Å². The van der Waals surface area contributed by atoms with Crippen LogP contribution in [0.15, 0.2) is 43.5 Å². The monoisotopic (exact) mass is 240 g/mol. The molecule has 1 fully saturated rings. The number of ether oxygens (including phenoxy) is 1. The summed E-state index contributed by atoms with van der Waals surface area (Å²) in [5, 5.41) is 0. The summed E-state index contributed by atoms with van der Waals surface area (Å²) in [4.78, 5) is 0. The minimum Gasteiger partial charge on any atom is -0.497 e. The third-order valence-electron chi connectivity index (χ3n) is 4.79. The van der Waals surface area contributed by atoms with Crippen LogP contribution in [0.3, 0.4) is 0 Å². The van der Waals surface area contributed by atoms with Crippen LogP contribution in [-0.4, -0.2) is 7.11 Å². The molecule has 0 spiro atoms. The largest absolute Gasteiger partial charge is 0.497 e. The first kappa shape index (κ1) is 11.6. The Morgan fingerprint density at radius 1 is 1.22 bits per heavy atom. The standard InChI is InChI=1S/C17H20O/c1-4-11-8-12(5-2)17-15(11)9-13-6-7-14(18-3)10-16(13)17/h4-7,10-12,15,17H,1-2,8-9H2,3H3. The molecule has 4 unspecified atom stereocenters. The summed E-state index contributed by atoms with van der Waals surface area (Å²) in [5.74, 6) is 3.53. The maximum absolute atomic E-state index is 5.36. The van der Waals surface area contributed by atoms with Gasteiger partial charge in [0.25, 0.3) is 0 Å². The van der Waals surface area contributed by atoms with Crippen molar-refractivity contribution in [1.29, 1.82) is 0 Å². The summed E-state index contributed by atoms with van der Waals surface area (Å²) >= 11 is 0. The quantitative estimate of drug-likeness (QED) is 0.727. The zero-order valence-corrected chi connectivity index (χ0v) is 10.9. The van der Waals surface area contributed by atoms with Crippen molar-refractivity contribution >= 4 is 0 Å². The Morgan fingerprint density at radius 2 is 2.00 bits per heavy atom. The number of allylic oxidation sites excluding steroid dienone is 2. The second kappa shape index (κ2) is 4.31. The van der Waals surface area contributed by atoms with Gasteiger partial charge in [-0.2, -0.15) is 0 Å². The molecule has 1 aromatic rings. The van der Waals surface area contributed by atoms with Crippen molar-refractivity contribution in [2.45, 2.75) is 18.8 Å². The first-order chi connectivity index (χ1) is 8.78. The molecule has 0 amide bonds. The maximum atomic E-state index is 5.36. The van der Waals surface area contributed by atoms with Gasteiger partial charge in [0, 0.05) is 0 Å². The highest BCUT2D eigenvalue weighted by molar-refractivity contribution is 5.44. The van der Waals surface area contributed by atoms with E-state index in [-0.39, 0.29) is 0 Å². The van der Waals surface area contributed by atoms with Gasteiger partial charge in [0.15, 0.2) is 0 Å². The first-order valence-electron chi connectivity index (χ1n) is 6.70. The van der Waals surface area contributed by atoms with Crippen LogP contribution in [0.1, 0.15) is 23.5 Å². The number of rotatable bonds is 3. The minimum absolute atomic E-state index is 0.589. The molecule has 0 radical (unpaired) electrons. The predicted molar refractivity (Wildman–Crippen MR) is 74.9 cm³/mol. The van der Waals surface area contributed by atoms with E-state index < -0.39 is 0 Å². The lowest BCUT2D eigenvalue weighted by molar-refractivity contribution is 0.412. The SMILES string of the molecule is C=CC1CC(C=C)C2c3cc(OC)ccc3CC12. The van der Waals surface area contributed by atoms with E-state index in [4.69, 9.17) is 4.74 Å². The fraction of sp³-hybridized carbons (Fsp3) is 0.412. The van der Waals surface area contributed by atoms with Gasteiger partial charge < -0.3 is 4.74 Å². The van der Waals surface area contributed by atoms with Crippen molar-refractivity contribution in [3.05, 3.63) is 54.6 Å². The third-order valence-corrected chi connectivity index (χ3v) is 4.79. The molecular formula is C17H20O. The summed E-state index contributed by atoms with van der Waals surface area (Å²) in [6, 6.07) is 6.53. The van der Waals surface area contributed by atoms with Crippen LogP contribution < -0.4 is 4.74 Å². The van der Waals surface area contributed by atoms with E-state index in [2.05, 4.69) is 43.5 Å². The van der Waals surface area contributed by atoms with Crippen molar-refractivity contribution in [2.75, 3.05) is 7.11 Å². The molecule has 0 aromatic heterocycles. The molecule has 1 saturated carbocycles. The highest BCUT2D eigenvalue weighted by Gasteiger charge is 2.45. The smallest absolute Gasteiger partial charge is 0.119 e.